The summed E-state index contributed by atoms with van der Waals surface area (Å²) in [5, 5.41) is 0.754. The Bertz CT molecular complexity index is 1100. The lowest BCUT2D eigenvalue weighted by atomic mass is 10.0. The smallest absolute Gasteiger partial charge is 0.233 e. The van der Waals surface area contributed by atoms with Gasteiger partial charge in [0.25, 0.3) is 0 Å². The molecule has 0 spiro atoms. The molecule has 27 heavy (non-hydrogen) atoms. The number of aryl methyl sites for hydroxylation is 2. The van der Waals surface area contributed by atoms with E-state index in [0.717, 1.165) is 33.7 Å². The fourth-order valence-corrected chi connectivity index (χ4v) is 3.25. The minimum Gasteiger partial charge on any atom is -0.442 e. The highest BCUT2D eigenvalue weighted by molar-refractivity contribution is 6.00. The molecule has 0 radical (unpaired) electrons. The monoisotopic (exact) mass is 359 g/mol. The molecule has 2 N–H and O–H groups in total. The van der Waals surface area contributed by atoms with Crippen LogP contribution in [0.4, 0.5) is 11.8 Å². The van der Waals surface area contributed by atoms with Crippen LogP contribution >= 0.6 is 0 Å². The molecule has 6 heteroatoms. The Hall–Kier alpha value is -3.41. The summed E-state index contributed by atoms with van der Waals surface area (Å²) < 4.78 is 5.92. The van der Waals surface area contributed by atoms with E-state index in [1.54, 1.807) is 0 Å². The van der Waals surface area contributed by atoms with Gasteiger partial charge in [0.1, 0.15) is 11.6 Å². The van der Waals surface area contributed by atoms with Crippen LogP contribution in [-0.2, 0) is 6.54 Å². The molecule has 4 rings (SSSR count). The predicted molar refractivity (Wildman–Crippen MR) is 107 cm³/mol. The van der Waals surface area contributed by atoms with E-state index in [1.807, 2.05) is 74.3 Å². The maximum Gasteiger partial charge on any atom is 0.233 e. The summed E-state index contributed by atoms with van der Waals surface area (Å²) in [5.41, 5.74) is 10.7. The SMILES string of the molecule is Cc1cccc(CN(C)c2nc(N)c3c(-c4ccccc4)c(C)oc3n2)n1. The standard InChI is InChI=1S/C21H21N5O/c1-13-8-7-11-16(23-13)12-26(3)21-24-19(22)18-17(14(2)27-20(18)25-21)15-9-5-4-6-10-15/h4-11H,12H2,1-3H3,(H2,22,24,25). The van der Waals surface area contributed by atoms with E-state index in [4.69, 9.17) is 10.2 Å². The van der Waals surface area contributed by atoms with Crippen molar-refractivity contribution in [2.45, 2.75) is 20.4 Å². The van der Waals surface area contributed by atoms with Crippen molar-refractivity contribution in [1.82, 2.24) is 15.0 Å². The van der Waals surface area contributed by atoms with Gasteiger partial charge in [0.2, 0.25) is 11.7 Å². The fourth-order valence-electron chi connectivity index (χ4n) is 3.25. The van der Waals surface area contributed by atoms with Crippen LogP contribution < -0.4 is 10.6 Å². The third-order valence-electron chi connectivity index (χ3n) is 4.49. The van der Waals surface area contributed by atoms with E-state index in [1.165, 1.54) is 0 Å². The highest BCUT2D eigenvalue weighted by Crippen LogP contribution is 2.37. The molecular weight excluding hydrogens is 338 g/mol. The van der Waals surface area contributed by atoms with Crippen molar-refractivity contribution in [2.24, 2.45) is 0 Å². The van der Waals surface area contributed by atoms with E-state index < -0.39 is 0 Å². The molecule has 4 aromatic rings. The molecule has 0 fully saturated rings. The summed E-state index contributed by atoms with van der Waals surface area (Å²) in [5.74, 6) is 1.70. The van der Waals surface area contributed by atoms with Gasteiger partial charge < -0.3 is 15.1 Å². The summed E-state index contributed by atoms with van der Waals surface area (Å²) in [6.07, 6.45) is 0. The van der Waals surface area contributed by atoms with E-state index in [-0.39, 0.29) is 0 Å². The highest BCUT2D eigenvalue weighted by atomic mass is 16.3. The molecule has 0 unspecified atom stereocenters. The maximum atomic E-state index is 6.31. The topological polar surface area (TPSA) is 81.1 Å². The molecule has 3 aromatic heterocycles. The number of hydrogen-bond acceptors (Lipinski definition) is 6. The van der Waals surface area contributed by atoms with Crippen molar-refractivity contribution in [2.75, 3.05) is 17.7 Å². The van der Waals surface area contributed by atoms with Crippen LogP contribution in [0.5, 0.6) is 0 Å². The van der Waals surface area contributed by atoms with Crippen molar-refractivity contribution in [3.63, 3.8) is 0 Å². The molecule has 6 nitrogen and oxygen atoms in total. The van der Waals surface area contributed by atoms with Crippen LogP contribution in [0.25, 0.3) is 22.2 Å². The van der Waals surface area contributed by atoms with Gasteiger partial charge in [-0.05, 0) is 31.5 Å². The van der Waals surface area contributed by atoms with Gasteiger partial charge in [-0.15, -0.1) is 0 Å². The zero-order valence-corrected chi connectivity index (χ0v) is 15.6. The summed E-state index contributed by atoms with van der Waals surface area (Å²) in [4.78, 5) is 15.6. The zero-order chi connectivity index (χ0) is 19.0. The lowest BCUT2D eigenvalue weighted by Crippen LogP contribution is -2.20. The first-order valence-corrected chi connectivity index (χ1v) is 8.78. The number of fused-ring (bicyclic) bond motifs is 1. The first kappa shape index (κ1) is 17.0. The van der Waals surface area contributed by atoms with E-state index in [9.17, 15) is 0 Å². The number of nitrogen functional groups attached to an aromatic ring is 1. The molecule has 136 valence electrons. The molecular formula is C21H21N5O. The first-order valence-electron chi connectivity index (χ1n) is 8.78. The molecule has 1 aromatic carbocycles. The van der Waals surface area contributed by atoms with Gasteiger partial charge in [-0.1, -0.05) is 36.4 Å². The number of anilines is 2. The number of aromatic nitrogens is 3. The summed E-state index contributed by atoms with van der Waals surface area (Å²) in [7, 11) is 1.92. The van der Waals surface area contributed by atoms with Gasteiger partial charge in [-0.25, -0.2) is 0 Å². The van der Waals surface area contributed by atoms with Crippen LogP contribution in [0.3, 0.4) is 0 Å². The van der Waals surface area contributed by atoms with Gasteiger partial charge in [-0.2, -0.15) is 9.97 Å². The van der Waals surface area contributed by atoms with Gasteiger partial charge in [0.15, 0.2) is 0 Å². The van der Waals surface area contributed by atoms with Crippen molar-refractivity contribution in [3.05, 3.63) is 65.7 Å². The van der Waals surface area contributed by atoms with Gasteiger partial charge in [-0.3, -0.25) is 4.98 Å². The van der Waals surface area contributed by atoms with Gasteiger partial charge in [0.05, 0.1) is 17.6 Å². The average molecular weight is 359 g/mol. The average Bonchev–Trinajstić information content (AvgIpc) is 2.99. The second-order valence-corrected chi connectivity index (χ2v) is 6.61. The Morgan fingerprint density at radius 3 is 2.48 bits per heavy atom. The van der Waals surface area contributed by atoms with Crippen LogP contribution in [-0.4, -0.2) is 22.0 Å². The number of furan rings is 1. The van der Waals surface area contributed by atoms with E-state index in [2.05, 4.69) is 15.0 Å². The number of pyridine rings is 1. The molecule has 0 saturated heterocycles. The summed E-state index contributed by atoms with van der Waals surface area (Å²) >= 11 is 0. The normalized spacial score (nSPS) is 11.1. The van der Waals surface area contributed by atoms with Crippen molar-refractivity contribution >= 4 is 22.9 Å². The third-order valence-corrected chi connectivity index (χ3v) is 4.49. The largest absolute Gasteiger partial charge is 0.442 e. The van der Waals surface area contributed by atoms with Gasteiger partial charge in [0, 0.05) is 18.3 Å². The molecule has 0 aliphatic heterocycles. The Labute approximate surface area is 157 Å². The van der Waals surface area contributed by atoms with E-state index >= 15 is 0 Å². The Morgan fingerprint density at radius 1 is 0.963 bits per heavy atom. The number of hydrogen-bond donors (Lipinski definition) is 1. The molecule has 0 bridgehead atoms. The van der Waals surface area contributed by atoms with Crippen LogP contribution in [0.2, 0.25) is 0 Å². The van der Waals surface area contributed by atoms with Crippen molar-refractivity contribution in [1.29, 1.82) is 0 Å². The Morgan fingerprint density at radius 2 is 1.74 bits per heavy atom. The number of nitrogens with zero attached hydrogens (tertiary/aromatic N) is 4. The molecule has 0 amide bonds. The predicted octanol–water partition coefficient (Wildman–Crippen LogP) is 4.12. The van der Waals surface area contributed by atoms with E-state index in [0.29, 0.717) is 24.0 Å². The first-order chi connectivity index (χ1) is 13.0. The fraction of sp³-hybridized carbons (Fsp3) is 0.190. The summed E-state index contributed by atoms with van der Waals surface area (Å²) in [6, 6.07) is 16.0. The lowest BCUT2D eigenvalue weighted by molar-refractivity contribution is 0.568. The second-order valence-electron chi connectivity index (χ2n) is 6.61. The molecule has 0 aliphatic rings. The second kappa shape index (κ2) is 6.72. The molecule has 0 atom stereocenters. The Balaban J connectivity index is 1.74. The Kier molecular flexibility index (Phi) is 4.24. The van der Waals surface area contributed by atoms with Gasteiger partial charge >= 0.3 is 0 Å². The molecule has 0 aliphatic carbocycles. The number of nitrogens with two attached hydrogens (primary N) is 1. The minimum absolute atomic E-state index is 0.412. The maximum absolute atomic E-state index is 6.31. The summed E-state index contributed by atoms with van der Waals surface area (Å²) in [6.45, 7) is 4.47. The molecule has 0 saturated carbocycles. The van der Waals surface area contributed by atoms with Crippen LogP contribution in [0.1, 0.15) is 17.1 Å². The molecule has 3 heterocycles. The quantitative estimate of drug-likeness (QED) is 0.590. The van der Waals surface area contributed by atoms with Crippen molar-refractivity contribution < 1.29 is 4.42 Å². The lowest BCUT2D eigenvalue weighted by Gasteiger charge is -2.17. The van der Waals surface area contributed by atoms with Crippen LogP contribution in [0.15, 0.2) is 52.9 Å². The van der Waals surface area contributed by atoms with Crippen LogP contribution in [0, 0.1) is 13.8 Å². The number of rotatable bonds is 4. The zero-order valence-electron chi connectivity index (χ0n) is 15.6. The number of benzene rings is 1. The van der Waals surface area contributed by atoms with Crippen molar-refractivity contribution in [3.8, 4) is 11.1 Å². The highest BCUT2D eigenvalue weighted by Gasteiger charge is 2.20. The third kappa shape index (κ3) is 3.21. The minimum atomic E-state index is 0.412.